The number of nitrogens with zero attached hydrogens (tertiary/aromatic N) is 3. The number of carbonyl (C=O) groups excluding carboxylic acids is 2. The largest absolute Gasteiger partial charge is 0.476 e. The van der Waals surface area contributed by atoms with Gasteiger partial charge in [-0.1, -0.05) is 36.7 Å². The average Bonchev–Trinajstić information content (AvgIpc) is 3.24. The van der Waals surface area contributed by atoms with Crippen molar-refractivity contribution in [2.45, 2.75) is 99.9 Å². The second kappa shape index (κ2) is 15.2. The van der Waals surface area contributed by atoms with Crippen LogP contribution in [0.15, 0.2) is 36.4 Å². The summed E-state index contributed by atoms with van der Waals surface area (Å²) in [7, 11) is 0. The fourth-order valence-corrected chi connectivity index (χ4v) is 4.27. The molecule has 0 radical (unpaired) electrons. The molecule has 1 heterocycles. The van der Waals surface area contributed by atoms with Gasteiger partial charge in [-0.25, -0.2) is 4.79 Å². The molecule has 0 aliphatic heterocycles. The van der Waals surface area contributed by atoms with Gasteiger partial charge in [-0.3, -0.25) is 4.79 Å². The summed E-state index contributed by atoms with van der Waals surface area (Å²) in [5.41, 5.74) is 4.35. The Morgan fingerprint density at radius 3 is 2.24 bits per heavy atom. The third-order valence-electron chi connectivity index (χ3n) is 5.90. The van der Waals surface area contributed by atoms with Gasteiger partial charge in [-0.05, 0) is 96.7 Å². The van der Waals surface area contributed by atoms with Crippen molar-refractivity contribution in [2.24, 2.45) is 0 Å². The van der Waals surface area contributed by atoms with Crippen molar-refractivity contribution in [3.63, 3.8) is 0 Å². The topological polar surface area (TPSA) is 105 Å². The molecule has 1 aromatic heterocycles. The van der Waals surface area contributed by atoms with Crippen LogP contribution in [0.3, 0.4) is 0 Å². The van der Waals surface area contributed by atoms with Crippen LogP contribution in [0.2, 0.25) is 5.02 Å². The molecule has 0 bridgehead atoms. The van der Waals surface area contributed by atoms with E-state index in [1.54, 1.807) is 25.6 Å². The van der Waals surface area contributed by atoms with Crippen molar-refractivity contribution in [1.82, 2.24) is 20.3 Å². The molecular weight excluding hydrogens is 556 g/mol. The minimum atomic E-state index is -1.06. The fraction of sp³-hybridized carbons (Fsp3) is 0.500. The van der Waals surface area contributed by atoms with Crippen LogP contribution in [0, 0.1) is 13.8 Å². The number of nitrogens with one attached hydrogen (secondary N) is 1. The highest BCUT2D eigenvalue weighted by Crippen LogP contribution is 2.30. The summed E-state index contributed by atoms with van der Waals surface area (Å²) in [6.45, 7) is 19.8. The van der Waals surface area contributed by atoms with Gasteiger partial charge in [-0.15, -0.1) is 0 Å². The van der Waals surface area contributed by atoms with Crippen molar-refractivity contribution < 1.29 is 23.8 Å². The van der Waals surface area contributed by atoms with E-state index in [2.05, 4.69) is 34.6 Å². The monoisotopic (exact) mass is 600 g/mol. The first-order valence-corrected chi connectivity index (χ1v) is 14.5. The molecule has 2 aromatic carbocycles. The predicted octanol–water partition coefficient (Wildman–Crippen LogP) is 6.46. The summed E-state index contributed by atoms with van der Waals surface area (Å²) in [4.78, 5) is 24.1. The molecular formula is C32H45ClN4O5. The first-order valence-electron chi connectivity index (χ1n) is 14.1. The van der Waals surface area contributed by atoms with Crippen molar-refractivity contribution in [2.75, 3.05) is 6.61 Å². The maximum atomic E-state index is 12.3. The minimum absolute atomic E-state index is 0.225. The number of halogens is 1. The summed E-state index contributed by atoms with van der Waals surface area (Å²) < 4.78 is 16.1. The van der Waals surface area contributed by atoms with E-state index < -0.39 is 5.60 Å². The zero-order chi connectivity index (χ0) is 31.7. The summed E-state index contributed by atoms with van der Waals surface area (Å²) >= 11 is 6.09. The van der Waals surface area contributed by atoms with Crippen LogP contribution in [0.1, 0.15) is 83.5 Å². The van der Waals surface area contributed by atoms with Crippen molar-refractivity contribution in [3.8, 4) is 11.4 Å². The lowest BCUT2D eigenvalue weighted by molar-refractivity contribution is -0.158. The Morgan fingerprint density at radius 2 is 1.69 bits per heavy atom. The number of benzene rings is 2. The van der Waals surface area contributed by atoms with E-state index in [-0.39, 0.29) is 17.5 Å². The summed E-state index contributed by atoms with van der Waals surface area (Å²) in [5, 5.41) is 13.2. The van der Waals surface area contributed by atoms with Crippen LogP contribution in [-0.2, 0) is 38.6 Å². The van der Waals surface area contributed by atoms with Gasteiger partial charge in [0.05, 0.1) is 23.7 Å². The molecule has 9 nitrogen and oxygen atoms in total. The Morgan fingerprint density at radius 1 is 1.00 bits per heavy atom. The van der Waals surface area contributed by atoms with Crippen molar-refractivity contribution in [3.05, 3.63) is 69.5 Å². The van der Waals surface area contributed by atoms with Gasteiger partial charge in [0.15, 0.2) is 5.60 Å². The van der Waals surface area contributed by atoms with E-state index in [4.69, 9.17) is 25.8 Å². The van der Waals surface area contributed by atoms with Gasteiger partial charge in [0.25, 0.3) is 0 Å². The normalized spacial score (nSPS) is 11.4. The molecule has 0 spiro atoms. The molecule has 0 aliphatic rings. The van der Waals surface area contributed by atoms with Gasteiger partial charge >= 0.3 is 11.9 Å². The van der Waals surface area contributed by atoms with Gasteiger partial charge in [0, 0.05) is 25.0 Å². The zero-order valence-corrected chi connectivity index (χ0v) is 27.3. The Labute approximate surface area is 254 Å². The number of hydrogen-bond donors (Lipinski definition) is 1. The van der Waals surface area contributed by atoms with E-state index in [1.807, 2.05) is 58.9 Å². The third kappa shape index (κ3) is 10.8. The molecule has 0 amide bonds. The summed E-state index contributed by atoms with van der Waals surface area (Å²) in [5.74, 6) is 0.144. The fourth-order valence-electron chi connectivity index (χ4n) is 4.08. The molecule has 0 saturated heterocycles. The van der Waals surface area contributed by atoms with E-state index in [0.29, 0.717) is 24.7 Å². The van der Waals surface area contributed by atoms with E-state index in [1.165, 1.54) is 6.92 Å². The van der Waals surface area contributed by atoms with Crippen LogP contribution in [-0.4, -0.2) is 44.7 Å². The standard InChI is InChI=1S/C26H33ClN4O3.C6H12O2/c1-7-20-13-19(12-17(3)24(20)34-26(5,6)25(32)33-8-2)15-28-16-23-18(4)29-31(30-23)22-11-9-10-21(27)14-22;1-5(7)8-6(2,3)4/h9-14,28H,7-8,15-16H2,1-6H3;1-4H3. The van der Waals surface area contributed by atoms with Crippen LogP contribution in [0.25, 0.3) is 5.69 Å². The molecule has 42 heavy (non-hydrogen) atoms. The Balaban J connectivity index is 0.000000675. The van der Waals surface area contributed by atoms with E-state index >= 15 is 0 Å². The number of carbonyl (C=O) groups is 2. The van der Waals surface area contributed by atoms with Gasteiger partial charge < -0.3 is 19.5 Å². The highest BCUT2D eigenvalue weighted by molar-refractivity contribution is 6.30. The van der Waals surface area contributed by atoms with Crippen LogP contribution >= 0.6 is 11.6 Å². The van der Waals surface area contributed by atoms with Gasteiger partial charge in [0.2, 0.25) is 0 Å². The minimum Gasteiger partial charge on any atom is -0.476 e. The third-order valence-corrected chi connectivity index (χ3v) is 6.14. The lowest BCUT2D eigenvalue weighted by Crippen LogP contribution is -2.40. The van der Waals surface area contributed by atoms with Crippen LogP contribution < -0.4 is 10.1 Å². The molecule has 230 valence electrons. The molecule has 0 fully saturated rings. The first kappa shape index (κ1) is 34.8. The quantitative estimate of drug-likeness (QED) is 0.264. The second-order valence-corrected chi connectivity index (χ2v) is 11.8. The lowest BCUT2D eigenvalue weighted by Gasteiger charge is -2.27. The number of ether oxygens (including phenoxy) is 3. The molecule has 1 N–H and O–H groups in total. The van der Waals surface area contributed by atoms with Gasteiger partial charge in [-0.2, -0.15) is 15.0 Å². The molecule has 0 saturated carbocycles. The number of hydrogen-bond acceptors (Lipinski definition) is 8. The highest BCUT2D eigenvalue weighted by Gasteiger charge is 2.32. The Bertz CT molecular complexity index is 1360. The average molecular weight is 601 g/mol. The number of rotatable bonds is 10. The molecule has 3 rings (SSSR count). The van der Waals surface area contributed by atoms with Gasteiger partial charge in [0.1, 0.15) is 11.4 Å². The summed E-state index contributed by atoms with van der Waals surface area (Å²) in [6, 6.07) is 11.7. The molecule has 0 aliphatic carbocycles. The molecule has 10 heteroatoms. The Hall–Kier alpha value is -3.43. The predicted molar refractivity (Wildman–Crippen MR) is 165 cm³/mol. The molecule has 3 aromatic rings. The highest BCUT2D eigenvalue weighted by atomic mass is 35.5. The first-order chi connectivity index (χ1) is 19.6. The summed E-state index contributed by atoms with van der Waals surface area (Å²) in [6.07, 6.45) is 0.788. The van der Waals surface area contributed by atoms with E-state index in [9.17, 15) is 9.59 Å². The molecule has 0 unspecified atom stereocenters. The SMILES string of the molecule is CC(=O)OC(C)(C)C.CCOC(=O)C(C)(C)Oc1c(C)cc(CNCc2nn(-c3cccc(Cl)c3)nc2C)cc1CC. The van der Waals surface area contributed by atoms with Crippen LogP contribution in [0.4, 0.5) is 0 Å². The number of aryl methyl sites for hydroxylation is 3. The lowest BCUT2D eigenvalue weighted by atomic mass is 10.0. The van der Waals surface area contributed by atoms with Crippen molar-refractivity contribution >= 4 is 23.5 Å². The number of aromatic nitrogens is 3. The maximum Gasteiger partial charge on any atom is 0.349 e. The van der Waals surface area contributed by atoms with E-state index in [0.717, 1.165) is 45.9 Å². The van der Waals surface area contributed by atoms with Crippen molar-refractivity contribution in [1.29, 1.82) is 0 Å². The maximum absolute atomic E-state index is 12.3. The number of esters is 2. The second-order valence-electron chi connectivity index (χ2n) is 11.4. The Kier molecular flexibility index (Phi) is 12.6. The zero-order valence-electron chi connectivity index (χ0n) is 26.6. The smallest absolute Gasteiger partial charge is 0.349 e. The molecule has 0 atom stereocenters. The van der Waals surface area contributed by atoms with Crippen LogP contribution in [0.5, 0.6) is 5.75 Å².